The Morgan fingerprint density at radius 3 is 2.67 bits per heavy atom. The molecule has 5 nitrogen and oxygen atoms in total. The van der Waals surface area contributed by atoms with Gasteiger partial charge >= 0.3 is 11.9 Å². The molecule has 0 saturated heterocycles. The lowest BCUT2D eigenvalue weighted by atomic mass is 10.3. The molecule has 0 unspecified atom stereocenters. The maximum absolute atomic E-state index is 11.0. The van der Waals surface area contributed by atoms with Crippen LogP contribution in [-0.4, -0.2) is 23.5 Å². The molecule has 1 aromatic rings. The van der Waals surface area contributed by atoms with Crippen LogP contribution < -0.4 is 0 Å². The fourth-order valence-electron chi connectivity index (χ4n) is 0.881. The van der Waals surface area contributed by atoms with Gasteiger partial charge in [-0.05, 0) is 13.0 Å². The Hall–Kier alpha value is -1.91. The number of hydrogen-bond acceptors (Lipinski definition) is 5. The molecule has 0 aromatic carbocycles. The SMILES string of the molecule is CCOC(=O)C(=O)OCc1cccnc1. The van der Waals surface area contributed by atoms with Crippen LogP contribution in [0.15, 0.2) is 24.5 Å². The molecular formula is C10H11NO4. The standard InChI is InChI=1S/C10H11NO4/c1-2-14-9(12)10(13)15-7-8-4-3-5-11-6-8/h3-6H,2,7H2,1H3. The third-order valence-corrected chi connectivity index (χ3v) is 1.53. The fourth-order valence-corrected chi connectivity index (χ4v) is 0.881. The van der Waals surface area contributed by atoms with Crippen LogP contribution in [0, 0.1) is 0 Å². The van der Waals surface area contributed by atoms with Gasteiger partial charge in [0.05, 0.1) is 6.61 Å². The molecule has 1 aromatic heterocycles. The molecule has 0 spiro atoms. The van der Waals surface area contributed by atoms with Crippen molar-refractivity contribution in [2.24, 2.45) is 0 Å². The summed E-state index contributed by atoms with van der Waals surface area (Å²) in [5, 5.41) is 0. The number of hydrogen-bond donors (Lipinski definition) is 0. The number of esters is 2. The van der Waals surface area contributed by atoms with Crippen LogP contribution in [0.2, 0.25) is 0 Å². The van der Waals surface area contributed by atoms with E-state index in [1.807, 2.05) is 0 Å². The molecule has 80 valence electrons. The van der Waals surface area contributed by atoms with Crippen molar-refractivity contribution in [2.75, 3.05) is 6.61 Å². The minimum atomic E-state index is -0.985. The van der Waals surface area contributed by atoms with Crippen molar-refractivity contribution in [1.29, 1.82) is 0 Å². The average molecular weight is 209 g/mol. The average Bonchev–Trinajstić information content (AvgIpc) is 2.27. The minimum absolute atomic E-state index is 0.0193. The lowest BCUT2D eigenvalue weighted by Crippen LogP contribution is -2.20. The first-order valence-corrected chi connectivity index (χ1v) is 4.46. The highest BCUT2D eigenvalue weighted by molar-refractivity contribution is 6.29. The van der Waals surface area contributed by atoms with Crippen LogP contribution in [0.4, 0.5) is 0 Å². The van der Waals surface area contributed by atoms with Gasteiger partial charge in [0.1, 0.15) is 6.61 Å². The number of ether oxygens (including phenoxy) is 2. The predicted molar refractivity (Wildman–Crippen MR) is 50.7 cm³/mol. The second-order valence-electron chi connectivity index (χ2n) is 2.66. The molecule has 0 radical (unpaired) electrons. The third-order valence-electron chi connectivity index (χ3n) is 1.53. The second kappa shape index (κ2) is 5.74. The van der Waals surface area contributed by atoms with Gasteiger partial charge in [0.15, 0.2) is 0 Å². The summed E-state index contributed by atoms with van der Waals surface area (Å²) < 4.78 is 9.15. The van der Waals surface area contributed by atoms with Crippen molar-refractivity contribution >= 4 is 11.9 Å². The van der Waals surface area contributed by atoms with E-state index >= 15 is 0 Å². The van der Waals surface area contributed by atoms with E-state index in [1.165, 1.54) is 0 Å². The van der Waals surface area contributed by atoms with Gasteiger partial charge in [0.25, 0.3) is 0 Å². The van der Waals surface area contributed by atoms with Gasteiger partial charge in [0.2, 0.25) is 0 Å². The summed E-state index contributed by atoms with van der Waals surface area (Å²) in [6, 6.07) is 3.46. The molecule has 1 heterocycles. The lowest BCUT2D eigenvalue weighted by molar-refractivity contribution is -0.168. The van der Waals surface area contributed by atoms with E-state index < -0.39 is 11.9 Å². The van der Waals surface area contributed by atoms with E-state index in [4.69, 9.17) is 0 Å². The first-order chi connectivity index (χ1) is 7.24. The molecule has 15 heavy (non-hydrogen) atoms. The van der Waals surface area contributed by atoms with Gasteiger partial charge in [0, 0.05) is 18.0 Å². The molecule has 1 rings (SSSR count). The Morgan fingerprint density at radius 2 is 2.07 bits per heavy atom. The third kappa shape index (κ3) is 3.76. The summed E-state index contributed by atoms with van der Waals surface area (Å²) in [5.74, 6) is -1.96. The van der Waals surface area contributed by atoms with E-state index in [9.17, 15) is 9.59 Å². The largest absolute Gasteiger partial charge is 0.458 e. The van der Waals surface area contributed by atoms with Gasteiger partial charge in [-0.2, -0.15) is 0 Å². The van der Waals surface area contributed by atoms with E-state index in [1.54, 1.807) is 31.5 Å². The molecule has 0 bridgehead atoms. The molecule has 5 heteroatoms. The van der Waals surface area contributed by atoms with Crippen LogP contribution in [0.25, 0.3) is 0 Å². The summed E-state index contributed by atoms with van der Waals surface area (Å²) in [7, 11) is 0. The van der Waals surface area contributed by atoms with Crippen molar-refractivity contribution in [3.8, 4) is 0 Å². The van der Waals surface area contributed by atoms with Crippen LogP contribution in [-0.2, 0) is 25.7 Å². The number of carbonyl (C=O) groups is 2. The second-order valence-corrected chi connectivity index (χ2v) is 2.66. The lowest BCUT2D eigenvalue weighted by Gasteiger charge is -2.03. The molecular weight excluding hydrogens is 198 g/mol. The summed E-state index contributed by atoms with van der Waals surface area (Å²) in [4.78, 5) is 25.7. The van der Waals surface area contributed by atoms with Gasteiger partial charge in [-0.1, -0.05) is 6.07 Å². The van der Waals surface area contributed by atoms with Gasteiger partial charge < -0.3 is 9.47 Å². The number of nitrogens with zero attached hydrogens (tertiary/aromatic N) is 1. The minimum Gasteiger partial charge on any atom is -0.458 e. The van der Waals surface area contributed by atoms with Crippen molar-refractivity contribution in [3.05, 3.63) is 30.1 Å². The topological polar surface area (TPSA) is 65.5 Å². The van der Waals surface area contributed by atoms with E-state index in [-0.39, 0.29) is 13.2 Å². The molecule has 0 aliphatic rings. The molecule has 0 saturated carbocycles. The molecule has 0 aliphatic carbocycles. The predicted octanol–water partition coefficient (Wildman–Crippen LogP) is 0.688. The highest BCUT2D eigenvalue weighted by atomic mass is 16.6. The van der Waals surface area contributed by atoms with Gasteiger partial charge in [-0.25, -0.2) is 9.59 Å². The van der Waals surface area contributed by atoms with Crippen LogP contribution in [0.3, 0.4) is 0 Å². The first-order valence-electron chi connectivity index (χ1n) is 4.46. The van der Waals surface area contributed by atoms with Gasteiger partial charge in [-0.3, -0.25) is 4.98 Å². The Balaban J connectivity index is 2.38. The zero-order valence-electron chi connectivity index (χ0n) is 8.30. The monoisotopic (exact) mass is 209 g/mol. The number of pyridine rings is 1. The summed E-state index contributed by atoms with van der Waals surface area (Å²) in [6.07, 6.45) is 3.16. The summed E-state index contributed by atoms with van der Waals surface area (Å²) in [6.45, 7) is 1.79. The Bertz CT molecular complexity index is 337. The van der Waals surface area contributed by atoms with E-state index in [2.05, 4.69) is 14.5 Å². The molecule has 0 aliphatic heterocycles. The molecule has 0 atom stereocenters. The zero-order valence-corrected chi connectivity index (χ0v) is 8.30. The normalized spacial score (nSPS) is 9.40. The Kier molecular flexibility index (Phi) is 4.28. The van der Waals surface area contributed by atoms with Crippen LogP contribution in [0.5, 0.6) is 0 Å². The first kappa shape index (κ1) is 11.2. The van der Waals surface area contributed by atoms with Crippen LogP contribution >= 0.6 is 0 Å². The number of rotatable bonds is 3. The summed E-state index contributed by atoms with van der Waals surface area (Å²) >= 11 is 0. The molecule has 0 fully saturated rings. The number of carbonyl (C=O) groups excluding carboxylic acids is 2. The quantitative estimate of drug-likeness (QED) is 0.541. The van der Waals surface area contributed by atoms with Crippen LogP contribution in [0.1, 0.15) is 12.5 Å². The van der Waals surface area contributed by atoms with Crippen molar-refractivity contribution in [2.45, 2.75) is 13.5 Å². The van der Waals surface area contributed by atoms with Crippen molar-refractivity contribution in [3.63, 3.8) is 0 Å². The Morgan fingerprint density at radius 1 is 1.33 bits per heavy atom. The summed E-state index contributed by atoms with van der Waals surface area (Å²) in [5.41, 5.74) is 0.718. The smallest absolute Gasteiger partial charge is 0.417 e. The number of aromatic nitrogens is 1. The van der Waals surface area contributed by atoms with E-state index in [0.717, 1.165) is 5.56 Å². The Labute approximate surface area is 87.0 Å². The van der Waals surface area contributed by atoms with Gasteiger partial charge in [-0.15, -0.1) is 0 Å². The zero-order chi connectivity index (χ0) is 11.1. The maximum atomic E-state index is 11.0. The molecule has 0 amide bonds. The maximum Gasteiger partial charge on any atom is 0.417 e. The van der Waals surface area contributed by atoms with Crippen molar-refractivity contribution in [1.82, 2.24) is 4.98 Å². The van der Waals surface area contributed by atoms with Crippen molar-refractivity contribution < 1.29 is 19.1 Å². The molecule has 0 N–H and O–H groups in total. The van der Waals surface area contributed by atoms with E-state index in [0.29, 0.717) is 0 Å². The highest BCUT2D eigenvalue weighted by Crippen LogP contribution is 1.98. The fraction of sp³-hybridized carbons (Fsp3) is 0.300. The highest BCUT2D eigenvalue weighted by Gasteiger charge is 2.16.